The van der Waals surface area contributed by atoms with Crippen LogP contribution in [0.2, 0.25) is 0 Å². The van der Waals surface area contributed by atoms with E-state index in [-0.39, 0.29) is 0 Å². The zero-order valence-corrected chi connectivity index (χ0v) is 11.3. The summed E-state index contributed by atoms with van der Waals surface area (Å²) in [7, 11) is 0. The Labute approximate surface area is 114 Å². The van der Waals surface area contributed by atoms with Crippen LogP contribution in [0.4, 0.5) is 5.69 Å². The molecule has 0 aliphatic carbocycles. The zero-order chi connectivity index (χ0) is 13.2. The van der Waals surface area contributed by atoms with Crippen LogP contribution in [0.1, 0.15) is 10.6 Å². The van der Waals surface area contributed by atoms with Gasteiger partial charge in [-0.1, -0.05) is 12.1 Å². The Morgan fingerprint density at radius 2 is 1.95 bits per heavy atom. The first-order valence-electron chi connectivity index (χ1n) is 5.83. The van der Waals surface area contributed by atoms with Gasteiger partial charge in [0.15, 0.2) is 0 Å². The minimum atomic E-state index is -0.421. The number of nitrogens with one attached hydrogen (secondary N) is 1. The Morgan fingerprint density at radius 3 is 2.63 bits per heavy atom. The van der Waals surface area contributed by atoms with E-state index in [9.17, 15) is 0 Å². The molecule has 1 aromatic carbocycles. The fraction of sp³-hybridized carbons (Fsp3) is 0.250. The van der Waals surface area contributed by atoms with Crippen molar-refractivity contribution in [1.29, 1.82) is 0 Å². The SMILES string of the molecule is Cc1nc(-c2cccc(NC3N=NN=N3)c2)sc1C. The molecule has 19 heavy (non-hydrogen) atoms. The van der Waals surface area contributed by atoms with Crippen LogP contribution >= 0.6 is 11.3 Å². The summed E-state index contributed by atoms with van der Waals surface area (Å²) in [5, 5.41) is 18.7. The van der Waals surface area contributed by atoms with Gasteiger partial charge in [0.25, 0.3) is 6.29 Å². The number of benzene rings is 1. The highest BCUT2D eigenvalue weighted by Gasteiger charge is 2.10. The van der Waals surface area contributed by atoms with Crippen LogP contribution < -0.4 is 5.32 Å². The van der Waals surface area contributed by atoms with Gasteiger partial charge in [0.2, 0.25) is 0 Å². The van der Waals surface area contributed by atoms with Gasteiger partial charge in [0, 0.05) is 16.1 Å². The molecule has 0 spiro atoms. The van der Waals surface area contributed by atoms with Crippen molar-refractivity contribution < 1.29 is 0 Å². The second-order valence-electron chi connectivity index (χ2n) is 4.17. The zero-order valence-electron chi connectivity index (χ0n) is 10.5. The molecule has 1 aromatic heterocycles. The Hall–Kier alpha value is -2.15. The summed E-state index contributed by atoms with van der Waals surface area (Å²) in [5.41, 5.74) is 3.09. The van der Waals surface area contributed by atoms with Crippen LogP contribution in [0.25, 0.3) is 10.6 Å². The van der Waals surface area contributed by atoms with Crippen molar-refractivity contribution in [3.63, 3.8) is 0 Å². The first-order valence-corrected chi connectivity index (χ1v) is 6.65. The van der Waals surface area contributed by atoms with E-state index in [2.05, 4.69) is 37.9 Å². The van der Waals surface area contributed by atoms with Crippen LogP contribution in [0.15, 0.2) is 44.9 Å². The molecule has 0 fully saturated rings. The van der Waals surface area contributed by atoms with Gasteiger partial charge in [0.1, 0.15) is 5.01 Å². The van der Waals surface area contributed by atoms with Gasteiger partial charge >= 0.3 is 0 Å². The molecular formula is C12H12N6S. The molecule has 2 heterocycles. The van der Waals surface area contributed by atoms with Crippen LogP contribution in [0.5, 0.6) is 0 Å². The van der Waals surface area contributed by atoms with Gasteiger partial charge in [-0.2, -0.15) is 0 Å². The average Bonchev–Trinajstić information content (AvgIpc) is 3.01. The molecule has 0 amide bonds. The van der Waals surface area contributed by atoms with Gasteiger partial charge in [-0.05, 0) is 36.4 Å². The van der Waals surface area contributed by atoms with Crippen LogP contribution in [-0.4, -0.2) is 11.3 Å². The Kier molecular flexibility index (Phi) is 3.04. The molecule has 2 aromatic rings. The van der Waals surface area contributed by atoms with E-state index < -0.39 is 6.29 Å². The van der Waals surface area contributed by atoms with Crippen molar-refractivity contribution in [3.05, 3.63) is 34.8 Å². The van der Waals surface area contributed by atoms with Gasteiger partial charge in [-0.3, -0.25) is 0 Å². The summed E-state index contributed by atoms with van der Waals surface area (Å²) in [6.45, 7) is 4.11. The summed E-state index contributed by atoms with van der Waals surface area (Å²) in [5.74, 6) is 0. The maximum atomic E-state index is 4.56. The predicted molar refractivity (Wildman–Crippen MR) is 74.1 cm³/mol. The maximum absolute atomic E-state index is 4.56. The lowest BCUT2D eigenvalue weighted by Crippen LogP contribution is -2.10. The summed E-state index contributed by atoms with van der Waals surface area (Å²) in [6, 6.07) is 8.01. The normalized spacial score (nSPS) is 14.2. The molecule has 3 rings (SSSR count). The molecule has 1 aliphatic rings. The smallest absolute Gasteiger partial charge is 0.256 e. The third-order valence-electron chi connectivity index (χ3n) is 2.80. The topological polar surface area (TPSA) is 74.4 Å². The standard InChI is InChI=1S/C12H12N6S/c1-7-8(2)19-11(13-7)9-4-3-5-10(6-9)14-12-15-17-18-16-12/h3-6,12,14H,1-2H3. The predicted octanol–water partition coefficient (Wildman–Crippen LogP) is 3.96. The summed E-state index contributed by atoms with van der Waals surface area (Å²) in [4.78, 5) is 5.80. The van der Waals surface area contributed by atoms with Crippen molar-refractivity contribution in [1.82, 2.24) is 4.98 Å². The molecule has 0 atom stereocenters. The lowest BCUT2D eigenvalue weighted by atomic mass is 10.2. The number of rotatable bonds is 3. The number of thiazole rings is 1. The lowest BCUT2D eigenvalue weighted by Gasteiger charge is -2.07. The number of hydrogen-bond donors (Lipinski definition) is 1. The fourth-order valence-corrected chi connectivity index (χ4v) is 2.62. The molecule has 0 radical (unpaired) electrons. The third kappa shape index (κ3) is 2.50. The second kappa shape index (κ2) is 4.85. The molecule has 0 saturated heterocycles. The van der Waals surface area contributed by atoms with Crippen molar-refractivity contribution >= 4 is 17.0 Å². The molecule has 1 N–H and O–H groups in total. The summed E-state index contributed by atoms with van der Waals surface area (Å²) >= 11 is 1.70. The van der Waals surface area contributed by atoms with E-state index in [0.29, 0.717) is 0 Å². The first-order chi connectivity index (χ1) is 9.22. The highest BCUT2D eigenvalue weighted by atomic mass is 32.1. The molecule has 7 heteroatoms. The molecule has 1 aliphatic heterocycles. The summed E-state index contributed by atoms with van der Waals surface area (Å²) in [6.07, 6.45) is -0.421. The Morgan fingerprint density at radius 1 is 1.16 bits per heavy atom. The van der Waals surface area contributed by atoms with Crippen LogP contribution in [-0.2, 0) is 0 Å². The summed E-state index contributed by atoms with van der Waals surface area (Å²) < 4.78 is 0. The number of hydrogen-bond acceptors (Lipinski definition) is 7. The van der Waals surface area contributed by atoms with Crippen LogP contribution in [0.3, 0.4) is 0 Å². The Bertz CT molecular complexity index is 628. The number of nitrogens with zero attached hydrogens (tertiary/aromatic N) is 5. The number of anilines is 1. The quantitative estimate of drug-likeness (QED) is 0.918. The van der Waals surface area contributed by atoms with E-state index in [1.54, 1.807) is 11.3 Å². The highest BCUT2D eigenvalue weighted by molar-refractivity contribution is 7.15. The van der Waals surface area contributed by atoms with E-state index >= 15 is 0 Å². The van der Waals surface area contributed by atoms with Gasteiger partial charge < -0.3 is 5.32 Å². The molecule has 6 nitrogen and oxygen atoms in total. The fourth-order valence-electron chi connectivity index (χ4n) is 1.71. The minimum absolute atomic E-state index is 0.421. The molecule has 0 unspecified atom stereocenters. The van der Waals surface area contributed by atoms with Crippen LogP contribution in [0, 0.1) is 13.8 Å². The van der Waals surface area contributed by atoms with Crippen molar-refractivity contribution in [2.45, 2.75) is 20.1 Å². The van der Waals surface area contributed by atoms with Crippen molar-refractivity contribution in [2.24, 2.45) is 20.7 Å². The highest BCUT2D eigenvalue weighted by Crippen LogP contribution is 2.29. The maximum Gasteiger partial charge on any atom is 0.256 e. The largest absolute Gasteiger partial charge is 0.343 e. The van der Waals surface area contributed by atoms with E-state index in [1.165, 1.54) is 4.88 Å². The molecule has 0 saturated carbocycles. The average molecular weight is 272 g/mol. The number of aryl methyl sites for hydroxylation is 2. The van der Waals surface area contributed by atoms with E-state index in [0.717, 1.165) is 22.0 Å². The lowest BCUT2D eigenvalue weighted by molar-refractivity contribution is 0.798. The minimum Gasteiger partial charge on any atom is -0.343 e. The number of aromatic nitrogens is 1. The molecule has 0 bridgehead atoms. The molecule has 96 valence electrons. The Balaban J connectivity index is 1.86. The van der Waals surface area contributed by atoms with Gasteiger partial charge in [0.05, 0.1) is 5.69 Å². The molecular weight excluding hydrogens is 260 g/mol. The van der Waals surface area contributed by atoms with Crippen molar-refractivity contribution in [3.8, 4) is 10.6 Å². The van der Waals surface area contributed by atoms with Gasteiger partial charge in [-0.25, -0.2) is 4.98 Å². The second-order valence-corrected chi connectivity index (χ2v) is 5.37. The van der Waals surface area contributed by atoms with Gasteiger partial charge in [-0.15, -0.1) is 21.6 Å². The van der Waals surface area contributed by atoms with Crippen molar-refractivity contribution in [2.75, 3.05) is 5.32 Å². The third-order valence-corrected chi connectivity index (χ3v) is 3.92. The van der Waals surface area contributed by atoms with E-state index in [1.807, 2.05) is 31.2 Å². The first kappa shape index (κ1) is 11.9. The van der Waals surface area contributed by atoms with E-state index in [4.69, 9.17) is 0 Å². The monoisotopic (exact) mass is 272 g/mol.